The van der Waals surface area contributed by atoms with E-state index in [1.165, 1.54) is 23.5 Å². The number of thiophene rings is 1. The molecular formula is C39H52BF2N7O9S2. The SMILES string of the molecule is Cc1cc(CCC(=O)NC(CS(=O)(=O)[O-])C(=O)NCCCCC(=O)NCCOCCN2C(=O)C=CC2=O)n2c1C=C1C(CCC[N+](C)(C)C)=CC(c3cccs3)=[N+]1[B-]2(F)F. The molecule has 3 aliphatic rings. The van der Waals surface area contributed by atoms with Crippen LogP contribution in [0.5, 0.6) is 0 Å². The number of imide groups is 1. The number of aryl methyl sites for hydroxylation is 2. The lowest BCUT2D eigenvalue weighted by Crippen LogP contribution is -2.51. The van der Waals surface area contributed by atoms with Crippen LogP contribution in [-0.4, -0.2) is 146 Å². The molecule has 60 heavy (non-hydrogen) atoms. The maximum atomic E-state index is 16.9. The molecule has 0 saturated heterocycles. The minimum absolute atomic E-state index is 0.0128. The molecular weight excluding hydrogens is 823 g/mol. The number of hydrogen-bond donors (Lipinski definition) is 3. The molecule has 3 N–H and O–H groups in total. The van der Waals surface area contributed by atoms with E-state index >= 15 is 8.63 Å². The van der Waals surface area contributed by atoms with Gasteiger partial charge in [-0.3, -0.25) is 28.9 Å². The molecule has 5 rings (SSSR count). The van der Waals surface area contributed by atoms with Crippen LogP contribution in [0.1, 0.15) is 60.4 Å². The van der Waals surface area contributed by atoms with Gasteiger partial charge in [-0.25, -0.2) is 8.42 Å². The van der Waals surface area contributed by atoms with Gasteiger partial charge in [0.2, 0.25) is 17.7 Å². The number of nitrogens with zero attached hydrogens (tertiary/aromatic N) is 4. The van der Waals surface area contributed by atoms with Gasteiger partial charge in [0, 0.05) is 67.9 Å². The molecule has 2 aromatic rings. The molecule has 0 radical (unpaired) electrons. The normalized spacial score (nSPS) is 16.4. The molecule has 2 aromatic heterocycles. The highest BCUT2D eigenvalue weighted by molar-refractivity contribution is 7.85. The maximum Gasteiger partial charge on any atom is 0.737 e. The monoisotopic (exact) mass is 875 g/mol. The van der Waals surface area contributed by atoms with Crippen molar-refractivity contribution in [3.05, 3.63) is 74.9 Å². The van der Waals surface area contributed by atoms with Crippen LogP contribution in [-0.2, 0) is 45.2 Å². The van der Waals surface area contributed by atoms with Crippen molar-refractivity contribution < 1.29 is 59.3 Å². The fourth-order valence-corrected chi connectivity index (χ4v) is 8.66. The number of unbranched alkanes of at least 4 members (excludes halogenated alkanes) is 1. The third-order valence-electron chi connectivity index (χ3n) is 10.1. The van der Waals surface area contributed by atoms with Crippen molar-refractivity contribution in [1.29, 1.82) is 0 Å². The maximum absolute atomic E-state index is 16.9. The Hall–Kier alpha value is -4.83. The highest BCUT2D eigenvalue weighted by Gasteiger charge is 2.54. The molecule has 16 nitrogen and oxygen atoms in total. The van der Waals surface area contributed by atoms with Crippen molar-refractivity contribution in [2.24, 2.45) is 0 Å². The first-order valence-corrected chi connectivity index (χ1v) is 22.3. The van der Waals surface area contributed by atoms with Crippen molar-refractivity contribution in [3.63, 3.8) is 0 Å². The zero-order valence-corrected chi connectivity index (χ0v) is 35.8. The topological polar surface area (TPSA) is 199 Å². The van der Waals surface area contributed by atoms with Gasteiger partial charge in [0.25, 0.3) is 11.8 Å². The van der Waals surface area contributed by atoms with Gasteiger partial charge in [0.1, 0.15) is 6.04 Å². The molecule has 0 aromatic carbocycles. The van der Waals surface area contributed by atoms with E-state index in [4.69, 9.17) is 4.74 Å². The summed E-state index contributed by atoms with van der Waals surface area (Å²) in [6.45, 7) is -1.26. The van der Waals surface area contributed by atoms with E-state index in [1.54, 1.807) is 25.1 Å². The Bertz CT molecular complexity index is 2190. The van der Waals surface area contributed by atoms with Crippen LogP contribution in [0.25, 0.3) is 6.08 Å². The zero-order valence-electron chi connectivity index (χ0n) is 34.2. The van der Waals surface area contributed by atoms with Crippen LogP contribution < -0.4 is 16.0 Å². The summed E-state index contributed by atoms with van der Waals surface area (Å²) in [4.78, 5) is 63.1. The van der Waals surface area contributed by atoms with E-state index in [-0.39, 0.29) is 63.7 Å². The third-order valence-corrected chi connectivity index (χ3v) is 11.8. The van der Waals surface area contributed by atoms with Gasteiger partial charge < -0.3 is 47.3 Å². The largest absolute Gasteiger partial charge is 0.748 e. The van der Waals surface area contributed by atoms with E-state index < -0.39 is 52.5 Å². The summed E-state index contributed by atoms with van der Waals surface area (Å²) < 4.78 is 77.0. The van der Waals surface area contributed by atoms with E-state index in [0.717, 1.165) is 36.9 Å². The Morgan fingerprint density at radius 2 is 1.72 bits per heavy atom. The predicted octanol–water partition coefficient (Wildman–Crippen LogP) is 1.67. The molecule has 0 saturated carbocycles. The van der Waals surface area contributed by atoms with Crippen LogP contribution in [0.2, 0.25) is 0 Å². The molecule has 21 heteroatoms. The number of nitrogens with one attached hydrogen (secondary N) is 3. The molecule has 326 valence electrons. The third kappa shape index (κ3) is 12.1. The quantitative estimate of drug-likeness (QED) is 0.0489. The minimum atomic E-state index is -4.97. The first-order valence-electron chi connectivity index (χ1n) is 19.8. The summed E-state index contributed by atoms with van der Waals surface area (Å²) in [5, 5.41) is 9.27. The molecule has 0 fully saturated rings. The van der Waals surface area contributed by atoms with Gasteiger partial charge in [0.15, 0.2) is 11.4 Å². The highest BCUT2D eigenvalue weighted by atomic mass is 32.2. The van der Waals surface area contributed by atoms with Gasteiger partial charge in [-0.2, -0.15) is 0 Å². The number of carbonyl (C=O) groups is 5. The number of aromatic nitrogens is 1. The number of carbonyl (C=O) groups excluding carboxylic acids is 5. The highest BCUT2D eigenvalue weighted by Crippen LogP contribution is 2.40. The summed E-state index contributed by atoms with van der Waals surface area (Å²) in [6, 6.07) is 3.49. The number of fused-ring (bicyclic) bond motifs is 2. The number of rotatable bonds is 23. The summed E-state index contributed by atoms with van der Waals surface area (Å²) in [5.41, 5.74) is 2.78. The van der Waals surface area contributed by atoms with Crippen molar-refractivity contribution in [2.45, 2.75) is 57.9 Å². The van der Waals surface area contributed by atoms with Gasteiger partial charge in [-0.1, -0.05) is 6.07 Å². The summed E-state index contributed by atoms with van der Waals surface area (Å²) in [6.07, 6.45) is 7.61. The Labute approximate surface area is 352 Å². The number of halogens is 2. The average molecular weight is 876 g/mol. The number of allylic oxidation sites excluding steroid dienone is 2. The van der Waals surface area contributed by atoms with Crippen LogP contribution in [0.3, 0.4) is 0 Å². The van der Waals surface area contributed by atoms with Crippen molar-refractivity contribution in [1.82, 2.24) is 25.3 Å². The smallest absolute Gasteiger partial charge is 0.737 e. The van der Waals surface area contributed by atoms with Gasteiger partial charge >= 0.3 is 6.97 Å². The van der Waals surface area contributed by atoms with Crippen molar-refractivity contribution in [3.8, 4) is 0 Å². The Balaban J connectivity index is 1.12. The Morgan fingerprint density at radius 3 is 2.38 bits per heavy atom. The van der Waals surface area contributed by atoms with Crippen LogP contribution in [0.4, 0.5) is 8.63 Å². The summed E-state index contributed by atoms with van der Waals surface area (Å²) in [7, 11) is 1.28. The average Bonchev–Trinajstić information content (AvgIpc) is 3.95. The van der Waals surface area contributed by atoms with Gasteiger partial charge in [0.05, 0.1) is 68.2 Å². The second kappa shape index (κ2) is 19.7. The van der Waals surface area contributed by atoms with E-state index in [2.05, 4.69) is 37.1 Å². The first-order chi connectivity index (χ1) is 28.2. The van der Waals surface area contributed by atoms with Crippen LogP contribution in [0, 0.1) is 6.92 Å². The fourth-order valence-electron chi connectivity index (χ4n) is 7.27. The van der Waals surface area contributed by atoms with E-state index in [1.807, 2.05) is 17.5 Å². The van der Waals surface area contributed by atoms with Crippen molar-refractivity contribution in [2.75, 3.05) is 66.3 Å². The molecule has 0 aliphatic carbocycles. The molecule has 5 amide bonds. The number of amides is 5. The fraction of sp³-hybridized carbons (Fsp3) is 0.487. The minimum Gasteiger partial charge on any atom is -0.748 e. The predicted molar refractivity (Wildman–Crippen MR) is 221 cm³/mol. The zero-order chi connectivity index (χ0) is 43.8. The standard InChI is InChI=1S/C39H52BF2N7O9S2/c1-27-23-29(47-31(27)25-32-28(9-7-19-49(2,3)4)24-33(34-10-8-22-59-34)48(32)40(47,41)42)12-13-36(51)45-30(26-60(55,56)57)39(54)44-16-6-5-11-35(50)43-17-20-58-21-18-46-37(52)14-15-38(46)53/h8,10,14-15,22-25,30H,5-7,9,11-13,16-21,26H2,1-4H3,(H3-,43,44,45,50,51,54,55,56,57). The molecule has 5 heterocycles. The molecule has 0 spiro atoms. The first kappa shape index (κ1) is 46.2. The molecule has 1 unspecified atom stereocenters. The van der Waals surface area contributed by atoms with Crippen molar-refractivity contribution >= 4 is 69.7 Å². The van der Waals surface area contributed by atoms with E-state index in [0.29, 0.717) is 46.8 Å². The van der Waals surface area contributed by atoms with Crippen LogP contribution >= 0.6 is 11.3 Å². The van der Waals surface area contributed by atoms with E-state index in [9.17, 15) is 36.9 Å². The Kier molecular flexibility index (Phi) is 15.2. The van der Waals surface area contributed by atoms with Gasteiger partial charge in [-0.05, 0) is 61.4 Å². The summed E-state index contributed by atoms with van der Waals surface area (Å²) >= 11 is 1.37. The molecule has 1 atom stereocenters. The number of quaternary nitrogens is 1. The van der Waals surface area contributed by atoms with Gasteiger partial charge in [-0.15, -0.1) is 11.3 Å². The lowest BCUT2D eigenvalue weighted by Gasteiger charge is -2.32. The molecule has 0 bridgehead atoms. The second-order valence-corrected chi connectivity index (χ2v) is 18.3. The second-order valence-electron chi connectivity index (χ2n) is 15.9. The lowest BCUT2D eigenvalue weighted by molar-refractivity contribution is -0.870. The van der Waals surface area contributed by atoms with Crippen LogP contribution in [0.15, 0.2) is 53.1 Å². The Morgan fingerprint density at radius 1 is 0.983 bits per heavy atom. The number of hydrogen-bond acceptors (Lipinski definition) is 10. The summed E-state index contributed by atoms with van der Waals surface area (Å²) in [5.74, 6) is -4.05. The molecule has 3 aliphatic heterocycles. The lowest BCUT2D eigenvalue weighted by atomic mass is 9.88. The number of ether oxygens (including phenoxy) is 1.